The van der Waals surface area contributed by atoms with Gasteiger partial charge >= 0.3 is 6.09 Å². The summed E-state index contributed by atoms with van der Waals surface area (Å²) in [6.07, 6.45) is 0.439. The van der Waals surface area contributed by atoms with Gasteiger partial charge in [-0.1, -0.05) is 11.6 Å². The Labute approximate surface area is 169 Å². The number of halogens is 2. The number of amides is 2. The highest BCUT2D eigenvalue weighted by Gasteiger charge is 2.49. The number of alkyl carbamates (subject to hydrolysis) is 1. The zero-order valence-electron chi connectivity index (χ0n) is 15.0. The van der Waals surface area contributed by atoms with Gasteiger partial charge in [0.15, 0.2) is 0 Å². The number of imidazole rings is 1. The van der Waals surface area contributed by atoms with E-state index in [0.29, 0.717) is 11.3 Å². The Kier molecular flexibility index (Phi) is 4.85. The molecule has 1 aliphatic rings. The average Bonchev–Trinajstić information content (AvgIpc) is 3.24. The molecule has 150 valence electrons. The third-order valence-corrected chi connectivity index (χ3v) is 4.81. The second-order valence-corrected chi connectivity index (χ2v) is 7.05. The van der Waals surface area contributed by atoms with E-state index in [0.717, 1.165) is 17.1 Å². The molecule has 1 saturated heterocycles. The maximum atomic E-state index is 13.3. The molecule has 1 fully saturated rings. The van der Waals surface area contributed by atoms with E-state index in [-0.39, 0.29) is 24.5 Å². The van der Waals surface area contributed by atoms with Crippen LogP contribution in [0.2, 0.25) is 5.02 Å². The Morgan fingerprint density at radius 2 is 2.21 bits per heavy atom. The normalized spacial score (nSPS) is 19.0. The predicted molar refractivity (Wildman–Crippen MR) is 103 cm³/mol. The maximum absolute atomic E-state index is 13.3. The van der Waals surface area contributed by atoms with Crippen LogP contribution >= 0.6 is 11.6 Å². The van der Waals surface area contributed by atoms with Crippen LogP contribution in [0.1, 0.15) is 12.0 Å². The molecule has 0 unspecified atom stereocenters. The maximum Gasteiger partial charge on any atom is 0.410 e. The number of hydrogen-bond donors (Lipinski definition) is 3. The summed E-state index contributed by atoms with van der Waals surface area (Å²) in [4.78, 5) is 33.1. The van der Waals surface area contributed by atoms with Crippen LogP contribution in [0, 0.1) is 5.82 Å². The van der Waals surface area contributed by atoms with E-state index in [1.165, 1.54) is 23.4 Å². The minimum atomic E-state index is -2.29. The van der Waals surface area contributed by atoms with Crippen LogP contribution in [0.25, 0.3) is 11.0 Å². The molecule has 3 N–H and O–H groups in total. The fourth-order valence-corrected chi connectivity index (χ4v) is 3.44. The van der Waals surface area contributed by atoms with Crippen molar-refractivity contribution in [2.75, 3.05) is 11.4 Å². The lowest BCUT2D eigenvalue weighted by Gasteiger charge is -2.22. The summed E-state index contributed by atoms with van der Waals surface area (Å²) in [6.45, 7) is 0.0859. The lowest BCUT2D eigenvalue weighted by atomic mass is 10.2. The quantitative estimate of drug-likeness (QED) is 0.565. The van der Waals surface area contributed by atoms with Gasteiger partial charge in [-0.05, 0) is 42.0 Å². The Morgan fingerprint density at radius 1 is 1.38 bits per heavy atom. The molecule has 0 radical (unpaired) electrons. The number of rotatable bonds is 4. The Hall–Kier alpha value is -3.17. The van der Waals surface area contributed by atoms with E-state index in [4.69, 9.17) is 16.3 Å². The number of aromatic nitrogens is 2. The van der Waals surface area contributed by atoms with Crippen molar-refractivity contribution >= 4 is 40.3 Å². The number of benzene rings is 2. The van der Waals surface area contributed by atoms with E-state index < -0.39 is 23.6 Å². The third kappa shape index (κ3) is 3.87. The highest BCUT2D eigenvalue weighted by Crippen LogP contribution is 2.30. The largest absolute Gasteiger partial charge is 0.410 e. The summed E-state index contributed by atoms with van der Waals surface area (Å²) in [5, 5.41) is 13.1. The Bertz CT molecular complexity index is 1080. The summed E-state index contributed by atoms with van der Waals surface area (Å²) < 4.78 is 18.3. The fraction of sp³-hybridized carbons (Fsp3) is 0.211. The number of aliphatic hydroxyl groups is 1. The lowest BCUT2D eigenvalue weighted by molar-refractivity contribution is -0.175. The summed E-state index contributed by atoms with van der Waals surface area (Å²) in [6, 6.07) is 8.98. The number of nitrogens with zero attached hydrogens (tertiary/aromatic N) is 2. The zero-order valence-corrected chi connectivity index (χ0v) is 15.7. The molecule has 29 heavy (non-hydrogen) atoms. The molecule has 10 heteroatoms. The van der Waals surface area contributed by atoms with Gasteiger partial charge in [0.2, 0.25) is 0 Å². The molecule has 0 spiro atoms. The number of carbonyl (C=O) groups excluding carboxylic acids is 2. The molecule has 1 aliphatic heterocycles. The SMILES string of the molecule is O=C(NCc1cc(F)cc(Cl)c1)O[C@@]1(O)CCN(c2ccc3nc[nH]c3c2)C1=O. The first kappa shape index (κ1) is 19.2. The van der Waals surface area contributed by atoms with Gasteiger partial charge in [-0.15, -0.1) is 0 Å². The van der Waals surface area contributed by atoms with Gasteiger partial charge in [0.05, 0.1) is 17.4 Å². The molecular formula is C19H16ClFN4O4. The van der Waals surface area contributed by atoms with Gasteiger partial charge in [0.25, 0.3) is 11.7 Å². The van der Waals surface area contributed by atoms with Gasteiger partial charge in [-0.25, -0.2) is 14.2 Å². The molecule has 1 aromatic heterocycles. The molecule has 0 aliphatic carbocycles. The summed E-state index contributed by atoms with van der Waals surface area (Å²) in [5.41, 5.74) is 2.43. The third-order valence-electron chi connectivity index (χ3n) is 4.59. The first-order valence-electron chi connectivity index (χ1n) is 8.73. The summed E-state index contributed by atoms with van der Waals surface area (Å²) >= 11 is 5.77. The van der Waals surface area contributed by atoms with Crippen LogP contribution in [0.4, 0.5) is 14.9 Å². The van der Waals surface area contributed by atoms with Gasteiger partial charge in [0, 0.05) is 30.2 Å². The van der Waals surface area contributed by atoms with Crippen molar-refractivity contribution in [3.8, 4) is 0 Å². The van der Waals surface area contributed by atoms with Crippen molar-refractivity contribution in [1.82, 2.24) is 15.3 Å². The minimum Gasteiger partial charge on any atom is -0.407 e. The molecule has 0 saturated carbocycles. The molecule has 1 atom stereocenters. The van der Waals surface area contributed by atoms with Crippen LogP contribution < -0.4 is 10.2 Å². The van der Waals surface area contributed by atoms with Gasteiger partial charge in [-0.3, -0.25) is 4.79 Å². The van der Waals surface area contributed by atoms with Crippen LogP contribution in [0.15, 0.2) is 42.7 Å². The summed E-state index contributed by atoms with van der Waals surface area (Å²) in [5.74, 6) is -3.58. The molecular weight excluding hydrogens is 403 g/mol. The molecule has 4 rings (SSSR count). The second kappa shape index (κ2) is 7.34. The van der Waals surface area contributed by atoms with Gasteiger partial charge < -0.3 is 25.0 Å². The number of aromatic amines is 1. The molecule has 2 amide bonds. The van der Waals surface area contributed by atoms with E-state index >= 15 is 0 Å². The van der Waals surface area contributed by atoms with Crippen molar-refractivity contribution in [2.24, 2.45) is 0 Å². The van der Waals surface area contributed by atoms with Crippen LogP contribution in [0.5, 0.6) is 0 Å². The predicted octanol–water partition coefficient (Wildman–Crippen LogP) is 2.71. The Balaban J connectivity index is 1.41. The highest BCUT2D eigenvalue weighted by molar-refractivity contribution is 6.30. The van der Waals surface area contributed by atoms with Crippen LogP contribution in [-0.4, -0.2) is 39.4 Å². The van der Waals surface area contributed by atoms with Crippen molar-refractivity contribution < 1.29 is 23.8 Å². The van der Waals surface area contributed by atoms with E-state index in [1.54, 1.807) is 18.2 Å². The van der Waals surface area contributed by atoms with Crippen LogP contribution in [-0.2, 0) is 16.1 Å². The number of H-pyrrole nitrogens is 1. The number of carbonyl (C=O) groups is 2. The summed E-state index contributed by atoms with van der Waals surface area (Å²) in [7, 11) is 0. The van der Waals surface area contributed by atoms with E-state index in [9.17, 15) is 19.1 Å². The first-order valence-corrected chi connectivity index (χ1v) is 9.11. The standard InChI is InChI=1S/C19H16ClFN4O4/c20-12-5-11(6-13(21)7-12)9-22-18(27)29-19(28)3-4-25(17(19)26)14-1-2-15-16(8-14)24-10-23-15/h1-2,5-8,10,28H,3-4,9H2,(H,22,27)(H,23,24)/t19-/m0/s1. The number of ether oxygens (including phenoxy) is 1. The van der Waals surface area contributed by atoms with Crippen LogP contribution in [0.3, 0.4) is 0 Å². The molecule has 2 aromatic carbocycles. The van der Waals surface area contributed by atoms with Gasteiger partial charge in [0.1, 0.15) is 5.82 Å². The minimum absolute atomic E-state index is 0.0825. The van der Waals surface area contributed by atoms with Crippen molar-refractivity contribution in [1.29, 1.82) is 0 Å². The van der Waals surface area contributed by atoms with Crippen molar-refractivity contribution in [3.63, 3.8) is 0 Å². The molecule has 3 aromatic rings. The van der Waals surface area contributed by atoms with Crippen molar-refractivity contribution in [3.05, 3.63) is 59.1 Å². The van der Waals surface area contributed by atoms with Gasteiger partial charge in [-0.2, -0.15) is 0 Å². The second-order valence-electron chi connectivity index (χ2n) is 6.62. The zero-order chi connectivity index (χ0) is 20.6. The monoisotopic (exact) mass is 418 g/mol. The molecule has 8 nitrogen and oxygen atoms in total. The number of anilines is 1. The smallest absolute Gasteiger partial charge is 0.407 e. The fourth-order valence-electron chi connectivity index (χ4n) is 3.19. The highest BCUT2D eigenvalue weighted by atomic mass is 35.5. The molecule has 0 bridgehead atoms. The molecule has 2 heterocycles. The lowest BCUT2D eigenvalue weighted by Crippen LogP contribution is -2.46. The topological polar surface area (TPSA) is 108 Å². The first-order chi connectivity index (χ1) is 13.8. The van der Waals surface area contributed by atoms with E-state index in [2.05, 4.69) is 15.3 Å². The number of nitrogens with one attached hydrogen (secondary N) is 2. The Morgan fingerprint density at radius 3 is 3.00 bits per heavy atom. The van der Waals surface area contributed by atoms with E-state index in [1.807, 2.05) is 0 Å². The number of hydrogen-bond acceptors (Lipinski definition) is 5. The average molecular weight is 419 g/mol. The van der Waals surface area contributed by atoms with Crippen molar-refractivity contribution in [2.45, 2.75) is 18.8 Å². The number of fused-ring (bicyclic) bond motifs is 1.